The van der Waals surface area contributed by atoms with Gasteiger partial charge >= 0.3 is 0 Å². The summed E-state index contributed by atoms with van der Waals surface area (Å²) in [6, 6.07) is 28.8. The fraction of sp³-hybridized carbons (Fsp3) is 0.118. The first-order valence-corrected chi connectivity index (χ1v) is 12.2. The molecule has 0 saturated heterocycles. The zero-order valence-corrected chi connectivity index (χ0v) is 19.5. The summed E-state index contributed by atoms with van der Waals surface area (Å²) in [6.07, 6.45) is 10.7. The van der Waals surface area contributed by atoms with Gasteiger partial charge in [0, 0.05) is 0 Å². The molecule has 2 aliphatic rings. The largest absolute Gasteiger partial charge is 0.0984 e. The normalized spacial score (nSPS) is 14.9. The maximum absolute atomic E-state index is 4.19. The molecule has 0 nitrogen and oxygen atoms in total. The molecule has 34 heavy (non-hydrogen) atoms. The van der Waals surface area contributed by atoms with Crippen LogP contribution in [0, 0.1) is 0 Å². The summed E-state index contributed by atoms with van der Waals surface area (Å²) in [4.78, 5) is 0. The number of aryl methyl sites for hydroxylation is 1. The highest BCUT2D eigenvalue weighted by Crippen LogP contribution is 2.37. The van der Waals surface area contributed by atoms with Crippen molar-refractivity contribution < 1.29 is 0 Å². The van der Waals surface area contributed by atoms with Crippen molar-refractivity contribution in [2.24, 2.45) is 0 Å². The lowest BCUT2D eigenvalue weighted by atomic mass is 9.80. The first-order valence-electron chi connectivity index (χ1n) is 12.2. The molecule has 4 aromatic carbocycles. The van der Waals surface area contributed by atoms with Crippen LogP contribution in [0.1, 0.15) is 47.1 Å². The molecule has 2 aliphatic carbocycles. The molecule has 0 aliphatic heterocycles. The summed E-state index contributed by atoms with van der Waals surface area (Å²) in [5.41, 5.74) is 10.9. The van der Waals surface area contributed by atoms with Crippen LogP contribution in [-0.2, 0) is 6.42 Å². The molecule has 0 unspecified atom stereocenters. The minimum Gasteiger partial charge on any atom is -0.0984 e. The van der Waals surface area contributed by atoms with E-state index in [1.165, 1.54) is 60.2 Å². The van der Waals surface area contributed by atoms with E-state index in [0.29, 0.717) is 0 Å². The van der Waals surface area contributed by atoms with Crippen molar-refractivity contribution in [3.63, 3.8) is 0 Å². The smallest absolute Gasteiger partial charge is 0.00612 e. The summed E-state index contributed by atoms with van der Waals surface area (Å²) < 4.78 is 0. The maximum atomic E-state index is 4.19. The zero-order chi connectivity index (χ0) is 23.1. The van der Waals surface area contributed by atoms with Gasteiger partial charge in [-0.25, -0.2) is 0 Å². The van der Waals surface area contributed by atoms with Gasteiger partial charge in [-0.1, -0.05) is 104 Å². The van der Waals surface area contributed by atoms with Crippen LogP contribution in [0.25, 0.3) is 40.1 Å². The van der Waals surface area contributed by atoms with E-state index in [1.54, 1.807) is 0 Å². The summed E-state index contributed by atoms with van der Waals surface area (Å²) >= 11 is 0. The quantitative estimate of drug-likeness (QED) is 0.315. The molecule has 0 atom stereocenters. The molecule has 4 aromatic rings. The van der Waals surface area contributed by atoms with Gasteiger partial charge in [-0.15, -0.1) is 0 Å². The van der Waals surface area contributed by atoms with E-state index >= 15 is 0 Å². The minimum absolute atomic E-state index is 1.02. The third kappa shape index (κ3) is 3.30. The van der Waals surface area contributed by atoms with Crippen LogP contribution in [-0.4, -0.2) is 0 Å². The molecule has 0 heteroatoms. The maximum Gasteiger partial charge on any atom is -0.00612 e. The molecular formula is C34H28. The van der Waals surface area contributed by atoms with Crippen molar-refractivity contribution in [1.82, 2.24) is 0 Å². The minimum atomic E-state index is 1.02. The fourth-order valence-corrected chi connectivity index (χ4v) is 5.89. The van der Waals surface area contributed by atoms with Gasteiger partial charge < -0.3 is 0 Å². The van der Waals surface area contributed by atoms with Crippen molar-refractivity contribution in [3.05, 3.63) is 136 Å². The number of hydrogen-bond donors (Lipinski definition) is 0. The monoisotopic (exact) mass is 436 g/mol. The van der Waals surface area contributed by atoms with Crippen LogP contribution in [0.5, 0.6) is 0 Å². The molecule has 6 rings (SSSR count). The van der Waals surface area contributed by atoms with Crippen LogP contribution >= 0.6 is 0 Å². The fourth-order valence-electron chi connectivity index (χ4n) is 5.89. The highest BCUT2D eigenvalue weighted by Gasteiger charge is 2.21. The number of allylic oxidation sites excluding steroid dienone is 1. The van der Waals surface area contributed by atoms with Crippen molar-refractivity contribution in [1.29, 1.82) is 0 Å². The molecule has 0 radical (unpaired) electrons. The Balaban J connectivity index is 1.68. The lowest BCUT2D eigenvalue weighted by molar-refractivity contribution is 0.926. The molecule has 0 aromatic heterocycles. The second-order valence-electron chi connectivity index (χ2n) is 9.25. The van der Waals surface area contributed by atoms with Crippen LogP contribution in [0.15, 0.2) is 97.6 Å². The zero-order valence-electron chi connectivity index (χ0n) is 19.5. The number of benzene rings is 4. The average Bonchev–Trinajstić information content (AvgIpc) is 2.91. The topological polar surface area (TPSA) is 0 Å². The van der Waals surface area contributed by atoms with E-state index in [2.05, 4.69) is 98.1 Å². The first kappa shape index (κ1) is 20.7. The standard InChI is InChI=1S/C34H28/c1-3-23-21-26-13-7-8-14-30(26)34(28(23)4-2)33-20-19-29(31-15-9-10-16-32(31)33)27-18-17-24-11-5-6-12-25(24)22-27/h3-16,21-22H,1-2,17-20H2. The summed E-state index contributed by atoms with van der Waals surface area (Å²) in [6.45, 7) is 8.29. The Bertz CT molecular complexity index is 1620. The van der Waals surface area contributed by atoms with Gasteiger partial charge in [0.2, 0.25) is 0 Å². The Morgan fingerprint density at radius 1 is 0.647 bits per heavy atom. The predicted molar refractivity (Wildman–Crippen MR) is 148 cm³/mol. The molecule has 0 fully saturated rings. The Hall–Kier alpha value is -3.90. The van der Waals surface area contributed by atoms with E-state index in [4.69, 9.17) is 0 Å². The first-order chi connectivity index (χ1) is 16.8. The molecular weight excluding hydrogens is 408 g/mol. The lowest BCUT2D eigenvalue weighted by Gasteiger charge is -2.24. The van der Waals surface area contributed by atoms with Gasteiger partial charge in [0.05, 0.1) is 0 Å². The van der Waals surface area contributed by atoms with Crippen molar-refractivity contribution in [2.75, 3.05) is 0 Å². The van der Waals surface area contributed by atoms with Crippen LogP contribution < -0.4 is 10.4 Å². The van der Waals surface area contributed by atoms with E-state index in [0.717, 1.165) is 31.2 Å². The van der Waals surface area contributed by atoms with Gasteiger partial charge in [-0.05, 0) is 97.5 Å². The number of hydrogen-bond acceptors (Lipinski definition) is 0. The van der Waals surface area contributed by atoms with Gasteiger partial charge in [0.25, 0.3) is 0 Å². The summed E-state index contributed by atoms with van der Waals surface area (Å²) in [5.74, 6) is 0. The molecule has 0 amide bonds. The molecule has 0 N–H and O–H groups in total. The molecule has 0 bridgehead atoms. The Labute approximate surface area is 201 Å². The van der Waals surface area contributed by atoms with E-state index in [-0.39, 0.29) is 0 Å². The van der Waals surface area contributed by atoms with Crippen LogP contribution in [0.3, 0.4) is 0 Å². The van der Waals surface area contributed by atoms with Crippen molar-refractivity contribution in [3.8, 4) is 0 Å². The third-order valence-corrected chi connectivity index (χ3v) is 7.49. The Morgan fingerprint density at radius 3 is 2.18 bits per heavy atom. The van der Waals surface area contributed by atoms with Gasteiger partial charge in [0.1, 0.15) is 0 Å². The highest BCUT2D eigenvalue weighted by atomic mass is 14.2. The van der Waals surface area contributed by atoms with E-state index in [9.17, 15) is 0 Å². The highest BCUT2D eigenvalue weighted by molar-refractivity contribution is 6.00. The van der Waals surface area contributed by atoms with E-state index in [1.807, 2.05) is 12.2 Å². The summed E-state index contributed by atoms with van der Waals surface area (Å²) in [5, 5.41) is 5.29. The van der Waals surface area contributed by atoms with Crippen LogP contribution in [0.4, 0.5) is 0 Å². The SMILES string of the molecule is C=Cc1cc2ccccc2c(C2=c3ccccc3=C(C3=Cc4ccccc4CC3)CC2)c1C=C. The number of fused-ring (bicyclic) bond motifs is 3. The number of rotatable bonds is 4. The van der Waals surface area contributed by atoms with Crippen LogP contribution in [0.2, 0.25) is 0 Å². The lowest BCUT2D eigenvalue weighted by Crippen LogP contribution is -2.33. The van der Waals surface area contributed by atoms with Gasteiger partial charge in [0.15, 0.2) is 0 Å². The Kier molecular flexibility index (Phi) is 5.15. The third-order valence-electron chi connectivity index (χ3n) is 7.49. The summed E-state index contributed by atoms with van der Waals surface area (Å²) in [7, 11) is 0. The van der Waals surface area contributed by atoms with Crippen molar-refractivity contribution in [2.45, 2.75) is 25.7 Å². The average molecular weight is 437 g/mol. The molecule has 0 saturated carbocycles. The molecule has 0 heterocycles. The van der Waals surface area contributed by atoms with Crippen molar-refractivity contribution >= 4 is 40.1 Å². The van der Waals surface area contributed by atoms with Gasteiger partial charge in [-0.2, -0.15) is 0 Å². The van der Waals surface area contributed by atoms with E-state index < -0.39 is 0 Å². The predicted octanol–water partition coefficient (Wildman–Crippen LogP) is 7.30. The molecule has 164 valence electrons. The second-order valence-corrected chi connectivity index (χ2v) is 9.25. The Morgan fingerprint density at radius 2 is 1.35 bits per heavy atom. The van der Waals surface area contributed by atoms with Gasteiger partial charge in [-0.3, -0.25) is 0 Å². The molecule has 0 spiro atoms. The second kappa shape index (κ2) is 8.47.